The number of nitrogens with zero attached hydrogens (tertiary/aromatic N) is 2. The molecule has 24 heavy (non-hydrogen) atoms. The second kappa shape index (κ2) is 5.94. The second-order valence-electron chi connectivity index (χ2n) is 7.12. The molecule has 2 heterocycles. The van der Waals surface area contributed by atoms with E-state index in [0.717, 1.165) is 23.6 Å². The Kier molecular flexibility index (Phi) is 4.03. The van der Waals surface area contributed by atoms with Gasteiger partial charge in [0.25, 0.3) is 0 Å². The fourth-order valence-electron chi connectivity index (χ4n) is 4.79. The van der Waals surface area contributed by atoms with Crippen LogP contribution in [0.5, 0.6) is 0 Å². The van der Waals surface area contributed by atoms with Gasteiger partial charge in [0.1, 0.15) is 10.2 Å². The Morgan fingerprint density at radius 3 is 2.75 bits per heavy atom. The lowest BCUT2D eigenvalue weighted by molar-refractivity contribution is -0.533. The zero-order valence-corrected chi connectivity index (χ0v) is 14.7. The van der Waals surface area contributed by atoms with Crippen LogP contribution >= 0.6 is 24.0 Å². The smallest absolute Gasteiger partial charge is 0.240 e. The fourth-order valence-corrected chi connectivity index (χ4v) is 6.50. The largest absolute Gasteiger partial charge is 0.367 e. The first-order valence-electron chi connectivity index (χ1n) is 8.45. The highest BCUT2D eigenvalue weighted by atomic mass is 32.2. The molecule has 9 heteroatoms. The number of hydrogen-bond acceptors (Lipinski definition) is 6. The molecule has 0 aromatic carbocycles. The molecule has 130 valence electrons. The molecule has 0 radical (unpaired) electrons. The van der Waals surface area contributed by atoms with E-state index in [1.165, 1.54) is 4.90 Å². The van der Waals surface area contributed by atoms with Crippen molar-refractivity contribution in [3.63, 3.8) is 0 Å². The number of nitrogens with one attached hydrogen (secondary N) is 1. The van der Waals surface area contributed by atoms with E-state index in [9.17, 15) is 19.7 Å². The van der Waals surface area contributed by atoms with Crippen LogP contribution in [0.3, 0.4) is 0 Å². The molecular weight excluding hydrogens is 350 g/mol. The number of nitro groups is 1. The van der Waals surface area contributed by atoms with Gasteiger partial charge in [-0.05, 0) is 32.1 Å². The highest BCUT2D eigenvalue weighted by Gasteiger charge is 2.58. The van der Waals surface area contributed by atoms with Crippen molar-refractivity contribution < 1.29 is 14.5 Å². The maximum Gasteiger partial charge on any atom is 0.240 e. The SMILES string of the molecule is O=C1C2CCCC([N+](=O)[O-])C2C(=O)N1C1CCC2NC(=S)SC2C1. The average Bonchev–Trinajstić information content (AvgIpc) is 3.04. The van der Waals surface area contributed by atoms with Crippen molar-refractivity contribution in [1.29, 1.82) is 0 Å². The summed E-state index contributed by atoms with van der Waals surface area (Å²) < 4.78 is 0.784. The summed E-state index contributed by atoms with van der Waals surface area (Å²) in [6, 6.07) is -0.726. The van der Waals surface area contributed by atoms with Gasteiger partial charge < -0.3 is 5.32 Å². The van der Waals surface area contributed by atoms with Crippen LogP contribution in [0.1, 0.15) is 38.5 Å². The van der Waals surface area contributed by atoms with Gasteiger partial charge in [-0.25, -0.2) is 0 Å². The Morgan fingerprint density at radius 2 is 2.00 bits per heavy atom. The number of thiocarbonyl (C=S) groups is 1. The second-order valence-corrected chi connectivity index (χ2v) is 9.04. The van der Waals surface area contributed by atoms with Gasteiger partial charge in [-0.3, -0.25) is 24.6 Å². The van der Waals surface area contributed by atoms with Crippen molar-refractivity contribution >= 4 is 40.1 Å². The Bertz CT molecular complexity index is 628. The Balaban J connectivity index is 1.56. The molecule has 7 nitrogen and oxygen atoms in total. The summed E-state index contributed by atoms with van der Waals surface area (Å²) in [5, 5.41) is 14.9. The standard InChI is InChI=1S/C15H19N3O4S2/c19-13-8-2-1-3-10(18(21)22)12(8)14(20)17(13)7-4-5-9-11(6-7)24-15(23)16-9/h7-12H,1-6H2,(H,16,23). The van der Waals surface area contributed by atoms with Gasteiger partial charge in [-0.15, -0.1) is 0 Å². The van der Waals surface area contributed by atoms with Crippen molar-refractivity contribution in [1.82, 2.24) is 10.2 Å². The summed E-state index contributed by atoms with van der Waals surface area (Å²) in [7, 11) is 0. The molecule has 4 fully saturated rings. The summed E-state index contributed by atoms with van der Waals surface area (Å²) in [4.78, 5) is 38.0. The highest BCUT2D eigenvalue weighted by molar-refractivity contribution is 8.23. The maximum absolute atomic E-state index is 12.9. The quantitative estimate of drug-likeness (QED) is 0.340. The van der Waals surface area contributed by atoms with Crippen LogP contribution in [0.4, 0.5) is 0 Å². The van der Waals surface area contributed by atoms with E-state index < -0.39 is 17.9 Å². The zero-order valence-electron chi connectivity index (χ0n) is 13.1. The number of carbonyl (C=O) groups excluding carboxylic acids is 2. The molecule has 6 atom stereocenters. The molecule has 0 aromatic rings. The van der Waals surface area contributed by atoms with Crippen molar-refractivity contribution in [3.05, 3.63) is 10.1 Å². The van der Waals surface area contributed by atoms with E-state index in [1.54, 1.807) is 11.8 Å². The Labute approximate surface area is 149 Å². The predicted molar refractivity (Wildman–Crippen MR) is 92.0 cm³/mol. The molecule has 2 aliphatic heterocycles. The number of hydrogen-bond donors (Lipinski definition) is 1. The topological polar surface area (TPSA) is 92.5 Å². The van der Waals surface area contributed by atoms with Crippen molar-refractivity contribution in [2.75, 3.05) is 0 Å². The summed E-state index contributed by atoms with van der Waals surface area (Å²) in [6.07, 6.45) is 3.97. The zero-order chi connectivity index (χ0) is 17.0. The molecule has 2 amide bonds. The van der Waals surface area contributed by atoms with E-state index in [0.29, 0.717) is 25.3 Å². The predicted octanol–water partition coefficient (Wildman–Crippen LogP) is 1.33. The lowest BCUT2D eigenvalue weighted by Crippen LogP contribution is -2.48. The molecule has 0 aromatic heterocycles. The number of imide groups is 1. The van der Waals surface area contributed by atoms with Crippen LogP contribution in [0.2, 0.25) is 0 Å². The molecular formula is C15H19N3O4S2. The Morgan fingerprint density at radius 1 is 1.21 bits per heavy atom. The number of carbonyl (C=O) groups is 2. The van der Waals surface area contributed by atoms with E-state index >= 15 is 0 Å². The normalized spacial score (nSPS) is 41.8. The lowest BCUT2D eigenvalue weighted by Gasteiger charge is -2.35. The van der Waals surface area contributed by atoms with Crippen LogP contribution in [-0.2, 0) is 9.59 Å². The summed E-state index contributed by atoms with van der Waals surface area (Å²) in [5.41, 5.74) is 0. The molecule has 1 N–H and O–H groups in total. The van der Waals surface area contributed by atoms with Crippen molar-refractivity contribution in [3.8, 4) is 0 Å². The lowest BCUT2D eigenvalue weighted by atomic mass is 9.78. The van der Waals surface area contributed by atoms with Crippen molar-refractivity contribution in [2.24, 2.45) is 11.8 Å². The maximum atomic E-state index is 12.9. The minimum absolute atomic E-state index is 0.139. The summed E-state index contributed by atoms with van der Waals surface area (Å²) >= 11 is 6.82. The van der Waals surface area contributed by atoms with Crippen LogP contribution in [0.15, 0.2) is 0 Å². The highest BCUT2D eigenvalue weighted by Crippen LogP contribution is 2.43. The van der Waals surface area contributed by atoms with Gasteiger partial charge in [0.05, 0.1) is 5.92 Å². The third-order valence-corrected chi connectivity index (χ3v) is 7.46. The molecule has 2 saturated heterocycles. The molecule has 6 unspecified atom stereocenters. The molecule has 0 bridgehead atoms. The molecule has 4 aliphatic rings. The number of fused-ring (bicyclic) bond motifs is 2. The van der Waals surface area contributed by atoms with Gasteiger partial charge in [0.2, 0.25) is 17.9 Å². The van der Waals surface area contributed by atoms with Gasteiger partial charge in [-0.2, -0.15) is 0 Å². The van der Waals surface area contributed by atoms with E-state index in [-0.39, 0.29) is 28.0 Å². The Hall–Kier alpha value is -1.22. The molecule has 2 aliphatic carbocycles. The van der Waals surface area contributed by atoms with Crippen molar-refractivity contribution in [2.45, 2.75) is 61.9 Å². The number of amides is 2. The molecule has 2 saturated carbocycles. The number of rotatable bonds is 2. The first kappa shape index (κ1) is 16.3. The van der Waals surface area contributed by atoms with Gasteiger partial charge in [0, 0.05) is 28.7 Å². The van der Waals surface area contributed by atoms with Crippen LogP contribution in [0.25, 0.3) is 0 Å². The first-order chi connectivity index (χ1) is 11.5. The van der Waals surface area contributed by atoms with Crippen LogP contribution < -0.4 is 5.32 Å². The van der Waals surface area contributed by atoms with Gasteiger partial charge in [-0.1, -0.05) is 24.0 Å². The summed E-state index contributed by atoms with van der Waals surface area (Å²) in [6.45, 7) is 0. The number of thioether (sulfide) groups is 1. The minimum Gasteiger partial charge on any atom is -0.367 e. The number of likely N-dealkylation sites (tertiary alicyclic amines) is 1. The van der Waals surface area contributed by atoms with Gasteiger partial charge in [0.15, 0.2) is 0 Å². The first-order valence-corrected chi connectivity index (χ1v) is 9.73. The van der Waals surface area contributed by atoms with E-state index in [2.05, 4.69) is 5.32 Å². The summed E-state index contributed by atoms with van der Waals surface area (Å²) in [5.74, 6) is -1.74. The minimum atomic E-state index is -0.906. The average molecular weight is 369 g/mol. The van der Waals surface area contributed by atoms with Crippen LogP contribution in [0, 0.1) is 22.0 Å². The molecule has 0 spiro atoms. The van der Waals surface area contributed by atoms with E-state index in [4.69, 9.17) is 12.2 Å². The monoisotopic (exact) mass is 369 g/mol. The molecule has 4 rings (SSSR count). The third kappa shape index (κ3) is 2.44. The van der Waals surface area contributed by atoms with E-state index in [1.807, 2.05) is 0 Å². The fraction of sp³-hybridized carbons (Fsp3) is 0.800. The van der Waals surface area contributed by atoms with Gasteiger partial charge >= 0.3 is 0 Å². The van der Waals surface area contributed by atoms with Crippen LogP contribution in [-0.4, -0.2) is 49.3 Å². The third-order valence-electron chi connectivity index (χ3n) is 5.90.